The predicted molar refractivity (Wildman–Crippen MR) is 79.5 cm³/mol. The summed E-state index contributed by atoms with van der Waals surface area (Å²) in [5.41, 5.74) is 0. The molecular weight excluding hydrogens is 238 g/mol. The summed E-state index contributed by atoms with van der Waals surface area (Å²) >= 11 is 0. The summed E-state index contributed by atoms with van der Waals surface area (Å²) in [6.45, 7) is 7.88. The number of Topliss-reactive ketones (excluding diaryl/α,β-unsaturated/α-hetero) is 1. The molecule has 0 saturated carbocycles. The maximum atomic E-state index is 12.0. The van der Waals surface area contributed by atoms with Gasteiger partial charge in [0, 0.05) is 19.5 Å². The smallest absolute Gasteiger partial charge is 0.162 e. The van der Waals surface area contributed by atoms with Crippen LogP contribution in [0.1, 0.15) is 65.2 Å². The number of rotatable bonds is 10. The van der Waals surface area contributed by atoms with Gasteiger partial charge in [-0.2, -0.15) is 0 Å². The lowest BCUT2D eigenvalue weighted by Gasteiger charge is -2.31. The van der Waals surface area contributed by atoms with E-state index in [2.05, 4.69) is 18.7 Å². The van der Waals surface area contributed by atoms with Crippen LogP contribution in [0, 0.1) is 0 Å². The number of hydrogen-bond acceptors (Lipinski definition) is 3. The Morgan fingerprint density at radius 2 is 1.79 bits per heavy atom. The van der Waals surface area contributed by atoms with Crippen molar-refractivity contribution in [1.82, 2.24) is 4.90 Å². The van der Waals surface area contributed by atoms with Crippen molar-refractivity contribution in [1.29, 1.82) is 0 Å². The molecule has 0 spiro atoms. The molecule has 1 fully saturated rings. The standard InChI is InChI=1S/C16H31NO2/c1-3-5-6-7-8-9-10-11-15(18)16-14-17(4-2)12-13-19-16/h16H,3-14H2,1-2H3. The number of unbranched alkanes of at least 4 members (excludes halogenated alkanes) is 6. The molecule has 0 aromatic heterocycles. The molecule has 3 nitrogen and oxygen atoms in total. The van der Waals surface area contributed by atoms with Crippen LogP contribution in [0.2, 0.25) is 0 Å². The van der Waals surface area contributed by atoms with E-state index in [1.54, 1.807) is 0 Å². The van der Waals surface area contributed by atoms with Crippen molar-refractivity contribution in [2.45, 2.75) is 71.3 Å². The van der Waals surface area contributed by atoms with Gasteiger partial charge < -0.3 is 4.74 Å². The molecular formula is C16H31NO2. The number of ether oxygens (including phenoxy) is 1. The van der Waals surface area contributed by atoms with Crippen LogP contribution in [0.15, 0.2) is 0 Å². The van der Waals surface area contributed by atoms with Crippen LogP contribution in [0.5, 0.6) is 0 Å². The van der Waals surface area contributed by atoms with E-state index >= 15 is 0 Å². The Balaban J connectivity index is 2.04. The van der Waals surface area contributed by atoms with E-state index in [1.807, 2.05) is 0 Å². The number of likely N-dealkylation sites (N-methyl/N-ethyl adjacent to an activating group) is 1. The molecule has 112 valence electrons. The number of carbonyl (C=O) groups excluding carboxylic acids is 1. The molecule has 1 heterocycles. The van der Waals surface area contributed by atoms with Crippen LogP contribution in [0.3, 0.4) is 0 Å². The van der Waals surface area contributed by atoms with Crippen LogP contribution in [-0.2, 0) is 9.53 Å². The fourth-order valence-corrected chi connectivity index (χ4v) is 2.60. The van der Waals surface area contributed by atoms with Crippen LogP contribution in [0.25, 0.3) is 0 Å². The molecule has 19 heavy (non-hydrogen) atoms. The first-order chi connectivity index (χ1) is 9.27. The highest BCUT2D eigenvalue weighted by molar-refractivity contribution is 5.83. The number of ketones is 1. The summed E-state index contributed by atoms with van der Waals surface area (Å²) in [7, 11) is 0. The zero-order chi connectivity index (χ0) is 13.9. The van der Waals surface area contributed by atoms with E-state index < -0.39 is 0 Å². The molecule has 0 N–H and O–H groups in total. The normalized spacial score (nSPS) is 20.6. The highest BCUT2D eigenvalue weighted by Crippen LogP contribution is 2.12. The quantitative estimate of drug-likeness (QED) is 0.569. The van der Waals surface area contributed by atoms with E-state index in [-0.39, 0.29) is 6.10 Å². The van der Waals surface area contributed by atoms with Crippen molar-refractivity contribution in [2.75, 3.05) is 26.2 Å². The lowest BCUT2D eigenvalue weighted by molar-refractivity contribution is -0.136. The Morgan fingerprint density at radius 3 is 2.47 bits per heavy atom. The van der Waals surface area contributed by atoms with Gasteiger partial charge in [-0.1, -0.05) is 52.4 Å². The molecule has 1 atom stereocenters. The largest absolute Gasteiger partial charge is 0.368 e. The first kappa shape index (κ1) is 16.6. The van der Waals surface area contributed by atoms with Gasteiger partial charge in [0.05, 0.1) is 6.61 Å². The molecule has 0 radical (unpaired) electrons. The topological polar surface area (TPSA) is 29.5 Å². The summed E-state index contributed by atoms with van der Waals surface area (Å²) in [5.74, 6) is 0.312. The third kappa shape index (κ3) is 7.07. The summed E-state index contributed by atoms with van der Waals surface area (Å²) in [6, 6.07) is 0. The minimum atomic E-state index is -0.159. The molecule has 0 bridgehead atoms. The lowest BCUT2D eigenvalue weighted by atomic mass is 10.0. The van der Waals surface area contributed by atoms with Gasteiger partial charge in [0.2, 0.25) is 0 Å². The van der Waals surface area contributed by atoms with Gasteiger partial charge in [0.15, 0.2) is 5.78 Å². The van der Waals surface area contributed by atoms with Crippen LogP contribution < -0.4 is 0 Å². The van der Waals surface area contributed by atoms with Gasteiger partial charge >= 0.3 is 0 Å². The monoisotopic (exact) mass is 269 g/mol. The average Bonchev–Trinajstić information content (AvgIpc) is 2.46. The molecule has 0 aromatic carbocycles. The summed E-state index contributed by atoms with van der Waals surface area (Å²) in [4.78, 5) is 14.3. The zero-order valence-corrected chi connectivity index (χ0v) is 12.8. The van der Waals surface area contributed by atoms with E-state index in [9.17, 15) is 4.79 Å². The third-order valence-corrected chi connectivity index (χ3v) is 3.98. The molecule has 1 unspecified atom stereocenters. The Kier molecular flexibility index (Phi) is 9.10. The number of morpholine rings is 1. The van der Waals surface area contributed by atoms with Crippen molar-refractivity contribution in [2.24, 2.45) is 0 Å². The van der Waals surface area contributed by atoms with Gasteiger partial charge in [0.1, 0.15) is 6.10 Å². The Morgan fingerprint density at radius 1 is 1.11 bits per heavy atom. The SMILES string of the molecule is CCCCCCCCCC(=O)C1CN(CC)CCO1. The minimum Gasteiger partial charge on any atom is -0.368 e. The van der Waals surface area contributed by atoms with Crippen LogP contribution >= 0.6 is 0 Å². The Hall–Kier alpha value is -0.410. The second kappa shape index (κ2) is 10.4. The van der Waals surface area contributed by atoms with E-state index in [0.717, 1.165) is 26.1 Å². The highest BCUT2D eigenvalue weighted by Gasteiger charge is 2.24. The molecule has 0 aliphatic carbocycles. The van der Waals surface area contributed by atoms with Gasteiger partial charge in [-0.05, 0) is 13.0 Å². The average molecular weight is 269 g/mol. The van der Waals surface area contributed by atoms with E-state index in [1.165, 1.54) is 38.5 Å². The molecule has 1 aliphatic heterocycles. The first-order valence-corrected chi connectivity index (χ1v) is 8.14. The van der Waals surface area contributed by atoms with Crippen LogP contribution in [-0.4, -0.2) is 43.0 Å². The molecule has 1 rings (SSSR count). The Labute approximate surface area is 118 Å². The maximum absolute atomic E-state index is 12.0. The second-order valence-corrected chi connectivity index (χ2v) is 5.59. The maximum Gasteiger partial charge on any atom is 0.162 e. The van der Waals surface area contributed by atoms with Crippen LogP contribution in [0.4, 0.5) is 0 Å². The van der Waals surface area contributed by atoms with E-state index in [0.29, 0.717) is 18.8 Å². The van der Waals surface area contributed by atoms with Crippen molar-refractivity contribution in [3.63, 3.8) is 0 Å². The summed E-state index contributed by atoms with van der Waals surface area (Å²) in [5, 5.41) is 0. The minimum absolute atomic E-state index is 0.159. The predicted octanol–water partition coefficient (Wildman–Crippen LogP) is 3.42. The highest BCUT2D eigenvalue weighted by atomic mass is 16.5. The molecule has 0 aromatic rings. The van der Waals surface area contributed by atoms with Crippen molar-refractivity contribution in [3.05, 3.63) is 0 Å². The number of nitrogens with zero attached hydrogens (tertiary/aromatic N) is 1. The van der Waals surface area contributed by atoms with Crippen molar-refractivity contribution in [3.8, 4) is 0 Å². The zero-order valence-electron chi connectivity index (χ0n) is 12.8. The van der Waals surface area contributed by atoms with Gasteiger partial charge in [-0.3, -0.25) is 9.69 Å². The van der Waals surface area contributed by atoms with Crippen molar-refractivity contribution < 1.29 is 9.53 Å². The van der Waals surface area contributed by atoms with Gasteiger partial charge in [0.25, 0.3) is 0 Å². The lowest BCUT2D eigenvalue weighted by Crippen LogP contribution is -2.45. The van der Waals surface area contributed by atoms with Gasteiger partial charge in [-0.15, -0.1) is 0 Å². The summed E-state index contributed by atoms with van der Waals surface area (Å²) in [6.07, 6.45) is 9.38. The molecule has 0 amide bonds. The molecule has 3 heteroatoms. The number of carbonyl (C=O) groups is 1. The first-order valence-electron chi connectivity index (χ1n) is 8.14. The van der Waals surface area contributed by atoms with Crippen molar-refractivity contribution >= 4 is 5.78 Å². The fourth-order valence-electron chi connectivity index (χ4n) is 2.60. The Bertz CT molecular complexity index is 243. The van der Waals surface area contributed by atoms with E-state index in [4.69, 9.17) is 4.74 Å². The molecule has 1 saturated heterocycles. The molecule has 1 aliphatic rings. The number of hydrogen-bond donors (Lipinski definition) is 0. The third-order valence-electron chi connectivity index (χ3n) is 3.98. The fraction of sp³-hybridized carbons (Fsp3) is 0.938. The van der Waals surface area contributed by atoms with Gasteiger partial charge in [-0.25, -0.2) is 0 Å². The second-order valence-electron chi connectivity index (χ2n) is 5.59. The summed E-state index contributed by atoms with van der Waals surface area (Å²) < 4.78 is 5.59.